The van der Waals surface area contributed by atoms with E-state index in [1.807, 2.05) is 5.10 Å². The van der Waals surface area contributed by atoms with Crippen molar-refractivity contribution >= 4 is 11.3 Å². The molecule has 2 aromatic heterocycles. The Hall–Kier alpha value is -1.30. The predicted molar refractivity (Wildman–Crippen MR) is 50.5 cm³/mol. The highest BCUT2D eigenvalue weighted by Gasteiger charge is 2.36. The molecule has 15 heavy (non-hydrogen) atoms. The third-order valence-corrected chi connectivity index (χ3v) is 2.80. The highest BCUT2D eigenvalue weighted by molar-refractivity contribution is 7.13. The van der Waals surface area contributed by atoms with E-state index in [-0.39, 0.29) is 5.56 Å². The van der Waals surface area contributed by atoms with Gasteiger partial charge >= 0.3 is 6.18 Å². The lowest BCUT2D eigenvalue weighted by atomic mass is 10.2. The maximum atomic E-state index is 12.4. The molecule has 0 unspecified atom stereocenters. The van der Waals surface area contributed by atoms with E-state index in [9.17, 15) is 13.2 Å². The summed E-state index contributed by atoms with van der Waals surface area (Å²) < 4.78 is 37.3. The molecule has 0 bridgehead atoms. The summed E-state index contributed by atoms with van der Waals surface area (Å²) in [6.45, 7) is 1.40. The van der Waals surface area contributed by atoms with Crippen LogP contribution in [0.2, 0.25) is 0 Å². The van der Waals surface area contributed by atoms with Crippen LogP contribution >= 0.6 is 11.3 Å². The molecular formula is C9H6F3N2S. The van der Waals surface area contributed by atoms with Gasteiger partial charge in [-0.3, -0.25) is 5.10 Å². The molecule has 2 heterocycles. The van der Waals surface area contributed by atoms with E-state index in [0.717, 1.165) is 0 Å². The molecule has 0 aromatic carbocycles. The van der Waals surface area contributed by atoms with Gasteiger partial charge in [0, 0.05) is 10.9 Å². The smallest absolute Gasteiger partial charge is 0.273 e. The van der Waals surface area contributed by atoms with Gasteiger partial charge < -0.3 is 0 Å². The fourth-order valence-corrected chi connectivity index (χ4v) is 1.98. The van der Waals surface area contributed by atoms with Gasteiger partial charge in [0.1, 0.15) is 11.4 Å². The summed E-state index contributed by atoms with van der Waals surface area (Å²) in [7, 11) is 0. The summed E-state index contributed by atoms with van der Waals surface area (Å²) in [5.41, 5.74) is -0.321. The van der Waals surface area contributed by atoms with Crippen LogP contribution in [-0.4, -0.2) is 10.2 Å². The number of hydrogen-bond acceptors (Lipinski definition) is 2. The molecule has 1 radical (unpaired) electrons. The molecule has 2 nitrogen and oxygen atoms in total. The van der Waals surface area contributed by atoms with E-state index < -0.39 is 11.9 Å². The van der Waals surface area contributed by atoms with Gasteiger partial charge in [-0.05, 0) is 19.1 Å². The topological polar surface area (TPSA) is 28.7 Å². The Labute approximate surface area is 87.8 Å². The molecule has 0 aliphatic rings. The van der Waals surface area contributed by atoms with Crippen LogP contribution in [0.4, 0.5) is 13.2 Å². The van der Waals surface area contributed by atoms with Gasteiger partial charge in [-0.2, -0.15) is 18.3 Å². The number of aromatic nitrogens is 2. The summed E-state index contributed by atoms with van der Waals surface area (Å²) in [5.74, 6) is 0. The van der Waals surface area contributed by atoms with Crippen LogP contribution in [0.3, 0.4) is 0 Å². The van der Waals surface area contributed by atoms with Crippen LogP contribution < -0.4 is 0 Å². The third-order valence-electron chi connectivity index (χ3n) is 2.00. The SMILES string of the molecule is Cc1c(-c2cc[c]s2)n[nH]c1C(F)(F)F. The monoisotopic (exact) mass is 231 g/mol. The van der Waals surface area contributed by atoms with Gasteiger partial charge in [0.05, 0.1) is 4.88 Å². The fourth-order valence-electron chi connectivity index (χ4n) is 1.28. The first-order valence-electron chi connectivity index (χ1n) is 4.08. The Balaban J connectivity index is 2.50. The van der Waals surface area contributed by atoms with Crippen molar-refractivity contribution in [2.45, 2.75) is 13.1 Å². The standard InChI is InChI=1S/C9H6F3N2S/c1-5-7(6-3-2-4-15-6)13-14-8(5)9(10,11)12/h2-3H,1H3,(H,13,14). The number of aromatic amines is 1. The molecule has 0 fully saturated rings. The first kappa shape index (κ1) is 10.2. The summed E-state index contributed by atoms with van der Waals surface area (Å²) >= 11 is 1.24. The highest BCUT2D eigenvalue weighted by Crippen LogP contribution is 2.35. The van der Waals surface area contributed by atoms with Crippen LogP contribution in [0.25, 0.3) is 10.6 Å². The normalized spacial score (nSPS) is 12.0. The number of halogens is 3. The molecule has 2 rings (SSSR count). The molecule has 1 N–H and O–H groups in total. The Bertz CT molecular complexity index is 456. The van der Waals surface area contributed by atoms with Gasteiger partial charge in [-0.15, -0.1) is 11.3 Å². The number of rotatable bonds is 1. The fraction of sp³-hybridized carbons (Fsp3) is 0.222. The molecule has 79 valence electrons. The van der Waals surface area contributed by atoms with Crippen molar-refractivity contribution in [3.8, 4) is 10.6 Å². The quantitative estimate of drug-likeness (QED) is 0.801. The van der Waals surface area contributed by atoms with Crippen LogP contribution in [0.15, 0.2) is 12.1 Å². The van der Waals surface area contributed by atoms with Crippen LogP contribution in [0, 0.1) is 12.3 Å². The Morgan fingerprint density at radius 1 is 1.47 bits per heavy atom. The minimum absolute atomic E-state index is 0.123. The predicted octanol–water partition coefficient (Wildman–Crippen LogP) is 3.27. The van der Waals surface area contributed by atoms with E-state index in [1.54, 1.807) is 12.1 Å². The second-order valence-electron chi connectivity index (χ2n) is 2.99. The molecule has 6 heteroatoms. The van der Waals surface area contributed by atoms with Crippen LogP contribution in [0.5, 0.6) is 0 Å². The van der Waals surface area contributed by atoms with Gasteiger partial charge in [-0.25, -0.2) is 0 Å². The Morgan fingerprint density at radius 3 is 2.67 bits per heavy atom. The lowest BCUT2D eigenvalue weighted by Crippen LogP contribution is -2.07. The number of H-pyrrole nitrogens is 1. The van der Waals surface area contributed by atoms with Crippen molar-refractivity contribution < 1.29 is 13.2 Å². The number of nitrogens with zero attached hydrogens (tertiary/aromatic N) is 1. The third kappa shape index (κ3) is 1.77. The average molecular weight is 231 g/mol. The minimum atomic E-state index is -4.38. The second-order valence-corrected chi connectivity index (χ2v) is 3.87. The second kappa shape index (κ2) is 3.37. The van der Waals surface area contributed by atoms with Gasteiger partial charge in [0.2, 0.25) is 0 Å². The highest BCUT2D eigenvalue weighted by atomic mass is 32.1. The van der Waals surface area contributed by atoms with E-state index >= 15 is 0 Å². The molecule has 0 aliphatic carbocycles. The van der Waals surface area contributed by atoms with E-state index in [4.69, 9.17) is 0 Å². The maximum absolute atomic E-state index is 12.4. The van der Waals surface area contributed by atoms with Crippen molar-refractivity contribution in [2.75, 3.05) is 0 Å². The molecule has 0 saturated heterocycles. The van der Waals surface area contributed by atoms with E-state index in [0.29, 0.717) is 10.6 Å². The largest absolute Gasteiger partial charge is 0.433 e. The molecule has 0 amide bonds. The van der Waals surface area contributed by atoms with E-state index in [1.165, 1.54) is 18.3 Å². The van der Waals surface area contributed by atoms with Crippen molar-refractivity contribution in [3.63, 3.8) is 0 Å². The molecule has 0 atom stereocenters. The number of nitrogens with one attached hydrogen (secondary N) is 1. The van der Waals surface area contributed by atoms with Gasteiger partial charge in [0.15, 0.2) is 0 Å². The molecule has 0 aliphatic heterocycles. The van der Waals surface area contributed by atoms with Crippen LogP contribution in [0.1, 0.15) is 11.3 Å². The molecule has 2 aromatic rings. The Morgan fingerprint density at radius 2 is 2.20 bits per heavy atom. The van der Waals surface area contributed by atoms with Crippen molar-refractivity contribution in [1.29, 1.82) is 0 Å². The summed E-state index contributed by atoms with van der Waals surface area (Å²) in [4.78, 5) is 0.680. The zero-order valence-electron chi connectivity index (χ0n) is 7.64. The summed E-state index contributed by atoms with van der Waals surface area (Å²) in [5, 5.41) is 8.50. The Kier molecular flexibility index (Phi) is 2.30. The van der Waals surface area contributed by atoms with E-state index in [2.05, 4.69) is 10.5 Å². The molecule has 0 spiro atoms. The summed E-state index contributed by atoms with van der Waals surface area (Å²) in [6.07, 6.45) is -4.38. The van der Waals surface area contributed by atoms with Gasteiger partial charge in [0.25, 0.3) is 0 Å². The lowest BCUT2D eigenvalue weighted by molar-refractivity contribution is -0.141. The number of thiophene rings is 1. The minimum Gasteiger partial charge on any atom is -0.273 e. The number of alkyl halides is 3. The molecule has 0 saturated carbocycles. The zero-order valence-corrected chi connectivity index (χ0v) is 8.46. The molecular weight excluding hydrogens is 225 g/mol. The van der Waals surface area contributed by atoms with Crippen molar-refractivity contribution in [2.24, 2.45) is 0 Å². The van der Waals surface area contributed by atoms with Gasteiger partial charge in [-0.1, -0.05) is 0 Å². The zero-order chi connectivity index (χ0) is 11.1. The first-order chi connectivity index (χ1) is 7.00. The average Bonchev–Trinajstić information content (AvgIpc) is 2.69. The first-order valence-corrected chi connectivity index (χ1v) is 4.90. The summed E-state index contributed by atoms with van der Waals surface area (Å²) in [6, 6.07) is 3.34. The van der Waals surface area contributed by atoms with Crippen LogP contribution in [-0.2, 0) is 6.18 Å². The van der Waals surface area contributed by atoms with Crippen molar-refractivity contribution in [3.05, 3.63) is 28.8 Å². The number of hydrogen-bond donors (Lipinski definition) is 1. The van der Waals surface area contributed by atoms with Crippen molar-refractivity contribution in [1.82, 2.24) is 10.2 Å². The maximum Gasteiger partial charge on any atom is 0.433 e. The lowest BCUT2D eigenvalue weighted by Gasteiger charge is -2.03.